The quantitative estimate of drug-likeness (QED) is 0.741. The summed E-state index contributed by atoms with van der Waals surface area (Å²) in [5.41, 5.74) is 2.07. The van der Waals surface area contributed by atoms with Gasteiger partial charge in [0.25, 0.3) is 0 Å². The molecule has 1 heteroatoms. The predicted octanol–water partition coefficient (Wildman–Crippen LogP) is 3.71. The molecule has 86 valence electrons. The second kappa shape index (κ2) is 3.84. The van der Waals surface area contributed by atoms with Crippen molar-refractivity contribution in [3.63, 3.8) is 0 Å². The first-order chi connectivity index (χ1) is 7.02. The van der Waals surface area contributed by atoms with Crippen LogP contribution in [0.3, 0.4) is 0 Å². The molecule has 1 spiro atoms. The monoisotopic (exact) mass is 207 g/mol. The Kier molecular flexibility index (Phi) is 2.83. The molecule has 0 aliphatic heterocycles. The molecule has 1 nitrogen and oxygen atoms in total. The molecule has 0 heterocycles. The zero-order valence-corrected chi connectivity index (χ0v) is 10.5. The summed E-state index contributed by atoms with van der Waals surface area (Å²) in [5, 5.41) is 3.57. The molecular formula is C14H25N. The number of allylic oxidation sites excluding steroid dienone is 1. The van der Waals surface area contributed by atoms with Crippen molar-refractivity contribution < 1.29 is 0 Å². The van der Waals surface area contributed by atoms with E-state index in [4.69, 9.17) is 0 Å². The van der Waals surface area contributed by atoms with Crippen LogP contribution in [0.1, 0.15) is 52.9 Å². The van der Waals surface area contributed by atoms with Crippen molar-refractivity contribution in [2.24, 2.45) is 17.3 Å². The SMILES string of the molecule is C=C(N[C@H](C)C(C)C)C1CC2(CCC2)C1. The Morgan fingerprint density at radius 1 is 1.27 bits per heavy atom. The van der Waals surface area contributed by atoms with E-state index in [1.165, 1.54) is 37.8 Å². The first-order valence-corrected chi connectivity index (χ1v) is 6.48. The lowest BCUT2D eigenvalue weighted by Gasteiger charge is -2.55. The summed E-state index contributed by atoms with van der Waals surface area (Å²) < 4.78 is 0. The van der Waals surface area contributed by atoms with E-state index < -0.39 is 0 Å². The second-order valence-corrected chi connectivity index (χ2v) is 6.16. The third-order valence-corrected chi connectivity index (χ3v) is 4.68. The molecule has 0 unspecified atom stereocenters. The van der Waals surface area contributed by atoms with Gasteiger partial charge in [-0.1, -0.05) is 26.8 Å². The second-order valence-electron chi connectivity index (χ2n) is 6.16. The van der Waals surface area contributed by atoms with Crippen molar-refractivity contribution in [2.45, 2.75) is 58.9 Å². The van der Waals surface area contributed by atoms with E-state index in [-0.39, 0.29) is 0 Å². The fourth-order valence-electron chi connectivity index (χ4n) is 2.89. The topological polar surface area (TPSA) is 12.0 Å². The van der Waals surface area contributed by atoms with Gasteiger partial charge in [0.1, 0.15) is 0 Å². The van der Waals surface area contributed by atoms with Crippen molar-refractivity contribution in [1.82, 2.24) is 5.32 Å². The highest BCUT2D eigenvalue weighted by Crippen LogP contribution is 2.59. The van der Waals surface area contributed by atoms with Crippen molar-refractivity contribution in [3.8, 4) is 0 Å². The van der Waals surface area contributed by atoms with Crippen LogP contribution in [0.15, 0.2) is 12.3 Å². The normalized spacial score (nSPS) is 25.9. The Bertz CT molecular complexity index is 242. The Balaban J connectivity index is 1.74. The van der Waals surface area contributed by atoms with Gasteiger partial charge < -0.3 is 5.32 Å². The van der Waals surface area contributed by atoms with Crippen molar-refractivity contribution >= 4 is 0 Å². The van der Waals surface area contributed by atoms with Gasteiger partial charge in [-0.15, -0.1) is 0 Å². The van der Waals surface area contributed by atoms with Crippen molar-refractivity contribution in [3.05, 3.63) is 12.3 Å². The lowest BCUT2D eigenvalue weighted by atomic mass is 9.51. The van der Waals surface area contributed by atoms with E-state index in [1.54, 1.807) is 0 Å². The molecule has 2 saturated carbocycles. The van der Waals surface area contributed by atoms with Gasteiger partial charge >= 0.3 is 0 Å². The highest BCUT2D eigenvalue weighted by molar-refractivity contribution is 5.12. The Morgan fingerprint density at radius 2 is 1.87 bits per heavy atom. The molecular weight excluding hydrogens is 182 g/mol. The molecule has 0 aromatic heterocycles. The highest BCUT2D eigenvalue weighted by Gasteiger charge is 2.48. The third kappa shape index (κ3) is 2.07. The molecule has 0 bridgehead atoms. The minimum Gasteiger partial charge on any atom is -0.386 e. The summed E-state index contributed by atoms with van der Waals surface area (Å²) in [6, 6.07) is 0.565. The molecule has 2 fully saturated rings. The zero-order chi connectivity index (χ0) is 11.1. The molecule has 0 aromatic carbocycles. The van der Waals surface area contributed by atoms with Gasteiger partial charge in [0.2, 0.25) is 0 Å². The van der Waals surface area contributed by atoms with Gasteiger partial charge in [-0.25, -0.2) is 0 Å². The molecule has 1 N–H and O–H groups in total. The molecule has 0 aromatic rings. The van der Waals surface area contributed by atoms with E-state index in [9.17, 15) is 0 Å². The smallest absolute Gasteiger partial charge is 0.0252 e. The van der Waals surface area contributed by atoms with Crippen LogP contribution in [0, 0.1) is 17.3 Å². The predicted molar refractivity (Wildman–Crippen MR) is 65.6 cm³/mol. The van der Waals surface area contributed by atoms with Gasteiger partial charge in [0, 0.05) is 11.7 Å². The highest BCUT2D eigenvalue weighted by atomic mass is 14.9. The molecule has 0 radical (unpaired) electrons. The molecule has 15 heavy (non-hydrogen) atoms. The first kappa shape index (κ1) is 11.0. The fourth-order valence-corrected chi connectivity index (χ4v) is 2.89. The standard InChI is InChI=1S/C14H25N/c1-10(2)11(3)15-12(4)13-8-14(9-13)6-5-7-14/h10-11,13,15H,4-9H2,1-3H3/t11-/m1/s1. The number of hydrogen-bond donors (Lipinski definition) is 1. The maximum Gasteiger partial charge on any atom is 0.0252 e. The number of hydrogen-bond acceptors (Lipinski definition) is 1. The molecule has 1 atom stereocenters. The van der Waals surface area contributed by atoms with Crippen LogP contribution < -0.4 is 5.32 Å². The lowest BCUT2D eigenvalue weighted by molar-refractivity contribution is -0.0118. The summed E-state index contributed by atoms with van der Waals surface area (Å²) in [7, 11) is 0. The van der Waals surface area contributed by atoms with Crippen LogP contribution in [0.2, 0.25) is 0 Å². The zero-order valence-electron chi connectivity index (χ0n) is 10.5. The fraction of sp³-hybridized carbons (Fsp3) is 0.857. The van der Waals surface area contributed by atoms with Gasteiger partial charge in [0.15, 0.2) is 0 Å². The lowest BCUT2D eigenvalue weighted by Crippen LogP contribution is -2.46. The van der Waals surface area contributed by atoms with E-state index in [0.29, 0.717) is 12.0 Å². The molecule has 0 saturated heterocycles. The molecule has 2 aliphatic rings. The van der Waals surface area contributed by atoms with E-state index in [2.05, 4.69) is 32.7 Å². The van der Waals surface area contributed by atoms with Gasteiger partial charge in [-0.2, -0.15) is 0 Å². The van der Waals surface area contributed by atoms with Crippen LogP contribution in [0.4, 0.5) is 0 Å². The minimum atomic E-state index is 0.565. The third-order valence-electron chi connectivity index (χ3n) is 4.68. The summed E-state index contributed by atoms with van der Waals surface area (Å²) in [5.74, 6) is 1.46. The molecule has 2 rings (SSSR count). The average Bonchev–Trinajstić information content (AvgIpc) is 1.98. The van der Waals surface area contributed by atoms with Crippen LogP contribution in [-0.2, 0) is 0 Å². The maximum atomic E-state index is 4.21. The summed E-state index contributed by atoms with van der Waals surface area (Å²) >= 11 is 0. The van der Waals surface area contributed by atoms with Crippen molar-refractivity contribution in [2.75, 3.05) is 0 Å². The van der Waals surface area contributed by atoms with Crippen LogP contribution in [-0.4, -0.2) is 6.04 Å². The van der Waals surface area contributed by atoms with E-state index in [1.807, 2.05) is 0 Å². The first-order valence-electron chi connectivity index (χ1n) is 6.48. The van der Waals surface area contributed by atoms with Gasteiger partial charge in [-0.3, -0.25) is 0 Å². The van der Waals surface area contributed by atoms with E-state index >= 15 is 0 Å². The van der Waals surface area contributed by atoms with Gasteiger partial charge in [0.05, 0.1) is 0 Å². The molecule has 2 aliphatic carbocycles. The van der Waals surface area contributed by atoms with Crippen LogP contribution in [0.5, 0.6) is 0 Å². The van der Waals surface area contributed by atoms with E-state index in [0.717, 1.165) is 11.3 Å². The number of rotatable bonds is 4. The summed E-state index contributed by atoms with van der Waals surface area (Å²) in [6.07, 6.45) is 7.25. The average molecular weight is 207 g/mol. The summed E-state index contributed by atoms with van der Waals surface area (Å²) in [6.45, 7) is 11.0. The van der Waals surface area contributed by atoms with Crippen LogP contribution >= 0.6 is 0 Å². The number of nitrogens with one attached hydrogen (secondary N) is 1. The maximum absolute atomic E-state index is 4.21. The van der Waals surface area contributed by atoms with Gasteiger partial charge in [-0.05, 0) is 49.9 Å². The Labute approximate surface area is 94.3 Å². The van der Waals surface area contributed by atoms with Crippen molar-refractivity contribution in [1.29, 1.82) is 0 Å². The van der Waals surface area contributed by atoms with Crippen LogP contribution in [0.25, 0.3) is 0 Å². The largest absolute Gasteiger partial charge is 0.386 e. The summed E-state index contributed by atoms with van der Waals surface area (Å²) in [4.78, 5) is 0. The molecule has 0 amide bonds. The minimum absolute atomic E-state index is 0.565. The Hall–Kier alpha value is -0.460. The Morgan fingerprint density at radius 3 is 2.27 bits per heavy atom.